The van der Waals surface area contributed by atoms with Crippen LogP contribution in [-0.2, 0) is 9.47 Å². The van der Waals surface area contributed by atoms with Crippen molar-refractivity contribution in [2.75, 3.05) is 19.1 Å². The van der Waals surface area contributed by atoms with Gasteiger partial charge in [-0.15, -0.1) is 4.90 Å². The quantitative estimate of drug-likeness (QED) is 0.486. The van der Waals surface area contributed by atoms with E-state index in [1.165, 1.54) is 38.9 Å². The zero-order valence-electron chi connectivity index (χ0n) is 21.5. The summed E-state index contributed by atoms with van der Waals surface area (Å²) in [7, 11) is 2.93. The number of fused-ring (bicyclic) bond motifs is 1. The fraction of sp³-hybridized carbons (Fsp3) is 0.400. The Bertz CT molecular complexity index is 1310. The van der Waals surface area contributed by atoms with E-state index in [-0.39, 0.29) is 27.9 Å². The Morgan fingerprint density at radius 1 is 0.889 bits per heavy atom. The number of carbonyl (C=O) groups is 2. The van der Waals surface area contributed by atoms with Crippen molar-refractivity contribution in [2.45, 2.75) is 52.7 Å². The summed E-state index contributed by atoms with van der Waals surface area (Å²) in [5, 5.41) is 0.233. The van der Waals surface area contributed by atoms with Gasteiger partial charge in [0.15, 0.2) is 11.3 Å². The summed E-state index contributed by atoms with van der Waals surface area (Å²) in [4.78, 5) is 47.7. The second-order valence-corrected chi connectivity index (χ2v) is 9.75. The Balaban J connectivity index is 2.04. The molecule has 2 heterocycles. The molecule has 0 fully saturated rings. The highest BCUT2D eigenvalue weighted by atomic mass is 16.6. The number of hydrogen-bond donors (Lipinski definition) is 0. The number of ether oxygens (including phenoxy) is 4. The molecule has 0 saturated carbocycles. The standard InChI is InChI=1S/C25H29N3O8/c1-24(2,3)35-22(30)28(23(31)36-25(4,5)6)21-26-11-14(12-27-21)17-13-34-20-16(19(17)29)9-15(32-7)10-18(20)33-8/h9-13H,1-8H3. The number of amides is 2. The number of nitrogens with zero attached hydrogens (tertiary/aromatic N) is 3. The van der Waals surface area contributed by atoms with Crippen molar-refractivity contribution in [3.05, 3.63) is 41.0 Å². The molecular formula is C25H29N3O8. The normalized spacial score (nSPS) is 11.7. The van der Waals surface area contributed by atoms with E-state index in [0.717, 1.165) is 0 Å². The van der Waals surface area contributed by atoms with Gasteiger partial charge in [-0.3, -0.25) is 4.79 Å². The van der Waals surface area contributed by atoms with Gasteiger partial charge in [0, 0.05) is 24.0 Å². The van der Waals surface area contributed by atoms with Gasteiger partial charge < -0.3 is 23.4 Å². The molecule has 0 radical (unpaired) electrons. The van der Waals surface area contributed by atoms with Crippen molar-refractivity contribution in [3.63, 3.8) is 0 Å². The molecule has 0 unspecified atom stereocenters. The van der Waals surface area contributed by atoms with Crippen molar-refractivity contribution < 1.29 is 33.0 Å². The Morgan fingerprint density at radius 3 is 1.92 bits per heavy atom. The van der Waals surface area contributed by atoms with Crippen LogP contribution in [0.1, 0.15) is 41.5 Å². The number of benzene rings is 1. The van der Waals surface area contributed by atoms with E-state index in [4.69, 9.17) is 23.4 Å². The van der Waals surface area contributed by atoms with Crippen LogP contribution < -0.4 is 19.8 Å². The van der Waals surface area contributed by atoms with E-state index in [9.17, 15) is 14.4 Å². The lowest BCUT2D eigenvalue weighted by molar-refractivity contribution is 0.0427. The molecular weight excluding hydrogens is 470 g/mol. The van der Waals surface area contributed by atoms with Crippen molar-refractivity contribution >= 4 is 29.1 Å². The summed E-state index contributed by atoms with van der Waals surface area (Å²) < 4.78 is 26.9. The van der Waals surface area contributed by atoms with E-state index in [0.29, 0.717) is 22.0 Å². The molecule has 192 valence electrons. The van der Waals surface area contributed by atoms with Gasteiger partial charge in [-0.1, -0.05) is 0 Å². The van der Waals surface area contributed by atoms with Crippen LogP contribution in [-0.4, -0.2) is 47.6 Å². The first-order valence-electron chi connectivity index (χ1n) is 11.0. The zero-order valence-corrected chi connectivity index (χ0v) is 21.5. The molecule has 36 heavy (non-hydrogen) atoms. The molecule has 0 aliphatic rings. The van der Waals surface area contributed by atoms with Gasteiger partial charge in [-0.2, -0.15) is 0 Å². The van der Waals surface area contributed by atoms with Crippen LogP contribution in [0.4, 0.5) is 15.5 Å². The lowest BCUT2D eigenvalue weighted by Gasteiger charge is -2.27. The highest BCUT2D eigenvalue weighted by Gasteiger charge is 2.34. The molecule has 0 aliphatic heterocycles. The zero-order chi connectivity index (χ0) is 26.8. The van der Waals surface area contributed by atoms with E-state index in [1.807, 2.05) is 0 Å². The van der Waals surface area contributed by atoms with Crippen LogP contribution in [0.5, 0.6) is 11.5 Å². The number of rotatable bonds is 4. The van der Waals surface area contributed by atoms with Gasteiger partial charge in [0.1, 0.15) is 23.2 Å². The maximum Gasteiger partial charge on any atom is 0.427 e. The Labute approximate surface area is 207 Å². The number of aromatic nitrogens is 2. The monoisotopic (exact) mass is 499 g/mol. The molecule has 0 bridgehead atoms. The fourth-order valence-corrected chi connectivity index (χ4v) is 3.08. The highest BCUT2D eigenvalue weighted by Crippen LogP contribution is 2.31. The first kappa shape index (κ1) is 26.5. The molecule has 3 rings (SSSR count). The molecule has 0 aliphatic carbocycles. The van der Waals surface area contributed by atoms with Gasteiger partial charge in [0.25, 0.3) is 0 Å². The third kappa shape index (κ3) is 5.91. The van der Waals surface area contributed by atoms with Gasteiger partial charge in [0.05, 0.1) is 25.2 Å². The lowest BCUT2D eigenvalue weighted by Crippen LogP contribution is -2.44. The molecule has 2 aromatic heterocycles. The minimum absolute atomic E-state index is 0.158. The molecule has 3 aromatic rings. The molecule has 0 atom stereocenters. The second-order valence-electron chi connectivity index (χ2n) is 9.75. The largest absolute Gasteiger partial charge is 0.497 e. The molecule has 11 nitrogen and oxygen atoms in total. The molecule has 0 spiro atoms. The molecule has 0 N–H and O–H groups in total. The summed E-state index contributed by atoms with van der Waals surface area (Å²) in [5.74, 6) is 0.474. The third-order valence-electron chi connectivity index (χ3n) is 4.57. The second kappa shape index (κ2) is 9.84. The maximum absolute atomic E-state index is 13.2. The minimum atomic E-state index is -1.01. The Morgan fingerprint density at radius 2 is 1.44 bits per heavy atom. The van der Waals surface area contributed by atoms with Gasteiger partial charge in [-0.25, -0.2) is 19.6 Å². The van der Waals surface area contributed by atoms with Gasteiger partial charge >= 0.3 is 12.2 Å². The van der Waals surface area contributed by atoms with Crippen LogP contribution in [0.15, 0.2) is 40.0 Å². The van der Waals surface area contributed by atoms with E-state index in [1.54, 1.807) is 47.6 Å². The van der Waals surface area contributed by atoms with E-state index in [2.05, 4.69) is 9.97 Å². The first-order chi connectivity index (χ1) is 16.7. The predicted molar refractivity (Wildman–Crippen MR) is 132 cm³/mol. The predicted octanol–water partition coefficient (Wildman–Crippen LogP) is 4.94. The van der Waals surface area contributed by atoms with Crippen LogP contribution in [0.25, 0.3) is 22.1 Å². The summed E-state index contributed by atoms with van der Waals surface area (Å²) in [6.45, 7) is 9.95. The van der Waals surface area contributed by atoms with Crippen LogP contribution in [0.2, 0.25) is 0 Å². The highest BCUT2D eigenvalue weighted by molar-refractivity contribution is 6.08. The topological polar surface area (TPSA) is 130 Å². The maximum atomic E-state index is 13.2. The fourth-order valence-electron chi connectivity index (χ4n) is 3.08. The Kier molecular flexibility index (Phi) is 7.23. The van der Waals surface area contributed by atoms with Crippen molar-refractivity contribution in [2.24, 2.45) is 0 Å². The molecule has 2 amide bonds. The average molecular weight is 500 g/mol. The number of anilines is 1. The lowest BCUT2D eigenvalue weighted by atomic mass is 10.1. The van der Waals surface area contributed by atoms with E-state index >= 15 is 0 Å². The number of carbonyl (C=O) groups excluding carboxylic acids is 2. The Hall–Kier alpha value is -4.15. The van der Waals surface area contributed by atoms with Crippen LogP contribution >= 0.6 is 0 Å². The molecule has 1 aromatic carbocycles. The smallest absolute Gasteiger partial charge is 0.427 e. The first-order valence-corrected chi connectivity index (χ1v) is 11.0. The summed E-state index contributed by atoms with van der Waals surface area (Å²) in [5.41, 5.74) is -1.44. The van der Waals surface area contributed by atoms with Crippen molar-refractivity contribution in [3.8, 4) is 22.6 Å². The number of methoxy groups -OCH3 is 2. The van der Waals surface area contributed by atoms with Crippen LogP contribution in [0, 0.1) is 0 Å². The minimum Gasteiger partial charge on any atom is -0.497 e. The van der Waals surface area contributed by atoms with E-state index < -0.39 is 23.4 Å². The SMILES string of the molecule is COc1cc(OC)c2occ(-c3cnc(N(C(=O)OC(C)(C)C)C(=O)OC(C)(C)C)nc3)c(=O)c2c1. The number of imide groups is 1. The summed E-state index contributed by atoms with van der Waals surface area (Å²) in [6.07, 6.45) is 1.83. The van der Waals surface area contributed by atoms with Gasteiger partial charge in [0.2, 0.25) is 11.4 Å². The van der Waals surface area contributed by atoms with Crippen molar-refractivity contribution in [1.82, 2.24) is 9.97 Å². The molecule has 11 heteroatoms. The van der Waals surface area contributed by atoms with Gasteiger partial charge in [-0.05, 0) is 47.6 Å². The van der Waals surface area contributed by atoms with Crippen molar-refractivity contribution in [1.29, 1.82) is 0 Å². The molecule has 0 saturated heterocycles. The van der Waals surface area contributed by atoms with Crippen LogP contribution in [0.3, 0.4) is 0 Å². The summed E-state index contributed by atoms with van der Waals surface area (Å²) in [6, 6.07) is 3.14. The average Bonchev–Trinajstić information content (AvgIpc) is 2.77. The summed E-state index contributed by atoms with van der Waals surface area (Å²) >= 11 is 0. The number of hydrogen-bond acceptors (Lipinski definition) is 10. The third-order valence-corrected chi connectivity index (χ3v) is 4.57.